The Labute approximate surface area is 106 Å². The highest BCUT2D eigenvalue weighted by molar-refractivity contribution is 5.45. The smallest absolute Gasteiger partial charge is 0.0366 e. The van der Waals surface area contributed by atoms with Crippen LogP contribution in [0.3, 0.4) is 0 Å². The molecule has 0 saturated carbocycles. The van der Waals surface area contributed by atoms with Crippen molar-refractivity contribution in [1.29, 1.82) is 0 Å². The lowest BCUT2D eigenvalue weighted by atomic mass is 10.1. The molecule has 2 N–H and O–H groups in total. The average Bonchev–Trinajstić information content (AvgIpc) is 2.36. The Morgan fingerprint density at radius 1 is 1.24 bits per heavy atom. The van der Waals surface area contributed by atoms with E-state index in [4.69, 9.17) is 5.73 Å². The van der Waals surface area contributed by atoms with E-state index < -0.39 is 0 Å². The first kappa shape index (κ1) is 14.0. The van der Waals surface area contributed by atoms with E-state index in [0.29, 0.717) is 0 Å². The van der Waals surface area contributed by atoms with Crippen LogP contribution < -0.4 is 10.6 Å². The molecule has 0 saturated heterocycles. The molecule has 1 aromatic rings. The molecule has 0 radical (unpaired) electrons. The molecule has 1 rings (SSSR count). The topological polar surface area (TPSA) is 29.3 Å². The summed E-state index contributed by atoms with van der Waals surface area (Å²) in [6.45, 7) is 7.56. The van der Waals surface area contributed by atoms with Crippen molar-refractivity contribution in [3.63, 3.8) is 0 Å². The molecule has 0 amide bonds. The van der Waals surface area contributed by atoms with Crippen molar-refractivity contribution < 1.29 is 0 Å². The molecule has 0 fully saturated rings. The minimum absolute atomic E-state index is 0.748. The molecule has 0 aliphatic heterocycles. The molecular formula is C15H26N2. The lowest BCUT2D eigenvalue weighted by Gasteiger charge is -2.27. The molecule has 1 aromatic carbocycles. The molecule has 0 aliphatic carbocycles. The second kappa shape index (κ2) is 8.13. The number of nitrogens with zero attached hydrogens (tertiary/aromatic N) is 1. The molecule has 96 valence electrons. The van der Waals surface area contributed by atoms with E-state index in [1.54, 1.807) is 0 Å². The lowest BCUT2D eigenvalue weighted by molar-refractivity contribution is 0.509. The summed E-state index contributed by atoms with van der Waals surface area (Å²) >= 11 is 0. The molecule has 0 aliphatic rings. The minimum atomic E-state index is 0.748. The van der Waals surface area contributed by atoms with Crippen molar-refractivity contribution in [2.45, 2.75) is 33.1 Å². The van der Waals surface area contributed by atoms with Crippen molar-refractivity contribution in [1.82, 2.24) is 0 Å². The maximum atomic E-state index is 5.62. The van der Waals surface area contributed by atoms with Gasteiger partial charge in [0.05, 0.1) is 0 Å². The van der Waals surface area contributed by atoms with Crippen molar-refractivity contribution in [2.24, 2.45) is 11.7 Å². The lowest BCUT2D eigenvalue weighted by Crippen LogP contribution is -2.30. The molecule has 0 bridgehead atoms. The Morgan fingerprint density at radius 2 is 1.94 bits per heavy atom. The minimum Gasteiger partial charge on any atom is -0.371 e. The Bertz CT molecular complexity index is 284. The van der Waals surface area contributed by atoms with Crippen LogP contribution in [0.25, 0.3) is 0 Å². The molecular weight excluding hydrogens is 208 g/mol. The largest absolute Gasteiger partial charge is 0.371 e. The summed E-state index contributed by atoms with van der Waals surface area (Å²) in [6.07, 6.45) is 3.63. The van der Waals surface area contributed by atoms with Crippen LogP contribution >= 0.6 is 0 Å². The predicted octanol–water partition coefficient (Wildman–Crippen LogP) is 3.28. The first-order chi connectivity index (χ1) is 8.27. The second-order valence-corrected chi connectivity index (χ2v) is 4.82. The summed E-state index contributed by atoms with van der Waals surface area (Å²) in [5.74, 6) is 0.748. The van der Waals surface area contributed by atoms with E-state index in [9.17, 15) is 0 Å². The van der Waals surface area contributed by atoms with Gasteiger partial charge in [0, 0.05) is 18.8 Å². The highest BCUT2D eigenvalue weighted by Gasteiger charge is 2.09. The highest BCUT2D eigenvalue weighted by atomic mass is 15.1. The normalized spacial score (nSPS) is 12.4. The number of hydrogen-bond acceptors (Lipinski definition) is 2. The molecule has 2 heteroatoms. The SMILES string of the molecule is CCCC(C)CN(CCCN)c1ccccc1. The monoisotopic (exact) mass is 234 g/mol. The van der Waals surface area contributed by atoms with Crippen LogP contribution in [-0.4, -0.2) is 19.6 Å². The quantitative estimate of drug-likeness (QED) is 0.748. The first-order valence-electron chi connectivity index (χ1n) is 6.78. The Morgan fingerprint density at radius 3 is 2.53 bits per heavy atom. The van der Waals surface area contributed by atoms with Crippen molar-refractivity contribution in [3.05, 3.63) is 30.3 Å². The first-order valence-corrected chi connectivity index (χ1v) is 6.78. The zero-order valence-corrected chi connectivity index (χ0v) is 11.2. The Kier molecular flexibility index (Phi) is 6.71. The van der Waals surface area contributed by atoms with Gasteiger partial charge in [-0.3, -0.25) is 0 Å². The van der Waals surface area contributed by atoms with E-state index >= 15 is 0 Å². The van der Waals surface area contributed by atoms with Crippen LogP contribution in [0.2, 0.25) is 0 Å². The summed E-state index contributed by atoms with van der Waals surface area (Å²) in [7, 11) is 0. The van der Waals surface area contributed by atoms with Crippen molar-refractivity contribution in [2.75, 3.05) is 24.5 Å². The van der Waals surface area contributed by atoms with Crippen LogP contribution in [-0.2, 0) is 0 Å². The maximum absolute atomic E-state index is 5.62. The summed E-state index contributed by atoms with van der Waals surface area (Å²) in [4.78, 5) is 2.47. The number of anilines is 1. The molecule has 0 spiro atoms. The van der Waals surface area contributed by atoms with E-state index in [2.05, 4.69) is 49.1 Å². The third-order valence-corrected chi connectivity index (χ3v) is 3.07. The van der Waals surface area contributed by atoms with E-state index in [1.165, 1.54) is 18.5 Å². The number of nitrogens with two attached hydrogens (primary N) is 1. The molecule has 1 atom stereocenters. The van der Waals surface area contributed by atoms with Gasteiger partial charge < -0.3 is 10.6 Å². The van der Waals surface area contributed by atoms with E-state index in [1.807, 2.05) is 0 Å². The predicted molar refractivity (Wildman–Crippen MR) is 76.4 cm³/mol. The van der Waals surface area contributed by atoms with Gasteiger partial charge in [-0.25, -0.2) is 0 Å². The van der Waals surface area contributed by atoms with Crippen LogP contribution in [0, 0.1) is 5.92 Å². The number of para-hydroxylation sites is 1. The van der Waals surface area contributed by atoms with Gasteiger partial charge >= 0.3 is 0 Å². The number of benzene rings is 1. The molecule has 1 unspecified atom stereocenters. The van der Waals surface area contributed by atoms with Gasteiger partial charge in [0.1, 0.15) is 0 Å². The Balaban J connectivity index is 2.60. The van der Waals surface area contributed by atoms with Crippen LogP contribution in [0.5, 0.6) is 0 Å². The van der Waals surface area contributed by atoms with E-state index in [0.717, 1.165) is 32.0 Å². The molecule has 0 aromatic heterocycles. The third kappa shape index (κ3) is 5.22. The van der Waals surface area contributed by atoms with Crippen LogP contribution in [0.1, 0.15) is 33.1 Å². The zero-order chi connectivity index (χ0) is 12.5. The van der Waals surface area contributed by atoms with Crippen molar-refractivity contribution >= 4 is 5.69 Å². The fraction of sp³-hybridized carbons (Fsp3) is 0.600. The maximum Gasteiger partial charge on any atom is 0.0366 e. The van der Waals surface area contributed by atoms with Gasteiger partial charge in [-0.2, -0.15) is 0 Å². The van der Waals surface area contributed by atoms with Crippen molar-refractivity contribution in [3.8, 4) is 0 Å². The summed E-state index contributed by atoms with van der Waals surface area (Å²) in [6, 6.07) is 10.7. The van der Waals surface area contributed by atoms with Gasteiger partial charge in [-0.15, -0.1) is 0 Å². The van der Waals surface area contributed by atoms with Gasteiger partial charge in [0.25, 0.3) is 0 Å². The summed E-state index contributed by atoms with van der Waals surface area (Å²) < 4.78 is 0. The zero-order valence-electron chi connectivity index (χ0n) is 11.2. The summed E-state index contributed by atoms with van der Waals surface area (Å²) in [5.41, 5.74) is 6.94. The standard InChI is InChI=1S/C15H26N2/c1-3-8-14(2)13-17(12-7-11-16)15-9-5-4-6-10-15/h4-6,9-10,14H,3,7-8,11-13,16H2,1-2H3. The molecule has 0 heterocycles. The number of rotatable bonds is 8. The number of hydrogen-bond donors (Lipinski definition) is 1. The van der Waals surface area contributed by atoms with Crippen LogP contribution in [0.15, 0.2) is 30.3 Å². The molecule has 17 heavy (non-hydrogen) atoms. The Hall–Kier alpha value is -1.02. The average molecular weight is 234 g/mol. The van der Waals surface area contributed by atoms with Gasteiger partial charge in [0.15, 0.2) is 0 Å². The summed E-state index contributed by atoms with van der Waals surface area (Å²) in [5, 5.41) is 0. The van der Waals surface area contributed by atoms with E-state index in [-0.39, 0.29) is 0 Å². The molecule has 2 nitrogen and oxygen atoms in total. The van der Waals surface area contributed by atoms with Gasteiger partial charge in [-0.05, 0) is 37.4 Å². The fourth-order valence-electron chi connectivity index (χ4n) is 2.21. The fourth-order valence-corrected chi connectivity index (χ4v) is 2.21. The second-order valence-electron chi connectivity index (χ2n) is 4.82. The van der Waals surface area contributed by atoms with Crippen LogP contribution in [0.4, 0.5) is 5.69 Å². The van der Waals surface area contributed by atoms with Gasteiger partial charge in [0.2, 0.25) is 0 Å². The van der Waals surface area contributed by atoms with Gasteiger partial charge in [-0.1, -0.05) is 38.5 Å². The third-order valence-electron chi connectivity index (χ3n) is 3.07. The highest BCUT2D eigenvalue weighted by Crippen LogP contribution is 2.17.